The van der Waals surface area contributed by atoms with Crippen molar-refractivity contribution in [2.45, 2.75) is 129 Å². The topological polar surface area (TPSA) is 26.3 Å². The van der Waals surface area contributed by atoms with E-state index in [0.29, 0.717) is 6.42 Å². The summed E-state index contributed by atoms with van der Waals surface area (Å²) in [6.45, 7) is 4.45. The van der Waals surface area contributed by atoms with Gasteiger partial charge in [-0.3, -0.25) is 4.79 Å². The lowest BCUT2D eigenvalue weighted by Crippen LogP contribution is -2.18. The highest BCUT2D eigenvalue weighted by molar-refractivity contribution is 5.69. The molecule has 0 radical (unpaired) electrons. The summed E-state index contributed by atoms with van der Waals surface area (Å²) in [6.07, 6.45) is 21.2. The van der Waals surface area contributed by atoms with Gasteiger partial charge in [0.2, 0.25) is 0 Å². The highest BCUT2D eigenvalue weighted by Crippen LogP contribution is 2.28. The van der Waals surface area contributed by atoms with Gasteiger partial charge in [0, 0.05) is 6.42 Å². The van der Waals surface area contributed by atoms with Crippen molar-refractivity contribution >= 4 is 5.97 Å². The van der Waals surface area contributed by atoms with Crippen molar-refractivity contribution in [3.05, 3.63) is 0 Å². The Morgan fingerprint density at radius 2 is 1.50 bits per heavy atom. The van der Waals surface area contributed by atoms with Crippen molar-refractivity contribution in [3.63, 3.8) is 0 Å². The van der Waals surface area contributed by atoms with Gasteiger partial charge in [-0.15, -0.1) is 0 Å². The van der Waals surface area contributed by atoms with E-state index in [-0.39, 0.29) is 12.1 Å². The van der Waals surface area contributed by atoms with E-state index in [2.05, 4.69) is 13.8 Å². The first-order valence-electron chi connectivity index (χ1n) is 11.0. The van der Waals surface area contributed by atoms with Gasteiger partial charge < -0.3 is 4.74 Å². The van der Waals surface area contributed by atoms with Crippen LogP contribution in [0.1, 0.15) is 123 Å². The summed E-state index contributed by atoms with van der Waals surface area (Å²) in [4.78, 5) is 12.1. The summed E-state index contributed by atoms with van der Waals surface area (Å²) < 4.78 is 5.77. The number of carbonyl (C=O) groups excluding carboxylic acids is 1. The monoisotopic (exact) mass is 338 g/mol. The Balaban J connectivity index is 2.05. The standard InChI is InChI=1S/C22H42O2/c1-3-5-6-7-8-9-10-11-17-21(14-4-2)24-22(23)19-18-20-15-12-13-16-20/h20-21H,3-19H2,1-2H3. The highest BCUT2D eigenvalue weighted by Gasteiger charge is 2.18. The minimum Gasteiger partial charge on any atom is -0.462 e. The molecule has 0 bridgehead atoms. The first-order valence-corrected chi connectivity index (χ1v) is 11.0. The lowest BCUT2D eigenvalue weighted by molar-refractivity contribution is -0.150. The van der Waals surface area contributed by atoms with Crippen LogP contribution in [0.15, 0.2) is 0 Å². The molecule has 0 spiro atoms. The van der Waals surface area contributed by atoms with Crippen LogP contribution in [0.25, 0.3) is 0 Å². The smallest absolute Gasteiger partial charge is 0.306 e. The molecule has 0 saturated heterocycles. The Kier molecular flexibility index (Phi) is 13.3. The van der Waals surface area contributed by atoms with Gasteiger partial charge in [0.05, 0.1) is 0 Å². The molecule has 0 heterocycles. The second-order valence-electron chi connectivity index (χ2n) is 7.85. The Morgan fingerprint density at radius 1 is 0.875 bits per heavy atom. The molecular weight excluding hydrogens is 296 g/mol. The maximum atomic E-state index is 12.1. The molecule has 1 saturated carbocycles. The number of rotatable bonds is 15. The summed E-state index contributed by atoms with van der Waals surface area (Å²) >= 11 is 0. The predicted molar refractivity (Wildman–Crippen MR) is 103 cm³/mol. The van der Waals surface area contributed by atoms with Crippen LogP contribution >= 0.6 is 0 Å². The molecule has 2 nitrogen and oxygen atoms in total. The van der Waals surface area contributed by atoms with E-state index in [1.54, 1.807) is 0 Å². The Morgan fingerprint density at radius 3 is 2.12 bits per heavy atom. The number of ether oxygens (including phenoxy) is 1. The molecule has 1 aliphatic carbocycles. The van der Waals surface area contributed by atoms with Crippen LogP contribution < -0.4 is 0 Å². The molecule has 0 N–H and O–H groups in total. The molecule has 1 rings (SSSR count). The van der Waals surface area contributed by atoms with Crippen LogP contribution in [0.4, 0.5) is 0 Å². The van der Waals surface area contributed by atoms with Crippen molar-refractivity contribution < 1.29 is 9.53 Å². The van der Waals surface area contributed by atoms with E-state index in [0.717, 1.165) is 31.6 Å². The second kappa shape index (κ2) is 14.8. The first-order chi connectivity index (χ1) is 11.8. The van der Waals surface area contributed by atoms with Gasteiger partial charge in [0.1, 0.15) is 6.10 Å². The normalized spacial score (nSPS) is 16.4. The van der Waals surface area contributed by atoms with Crippen LogP contribution in [0, 0.1) is 5.92 Å². The van der Waals surface area contributed by atoms with E-state index in [1.165, 1.54) is 77.0 Å². The molecule has 1 unspecified atom stereocenters. The van der Waals surface area contributed by atoms with Crippen molar-refractivity contribution in [2.24, 2.45) is 5.92 Å². The number of carbonyl (C=O) groups is 1. The molecule has 0 aliphatic heterocycles. The zero-order valence-electron chi connectivity index (χ0n) is 16.5. The SMILES string of the molecule is CCCCCCCCCCC(CCC)OC(=O)CCC1CCCC1. The van der Waals surface area contributed by atoms with Gasteiger partial charge in [0.25, 0.3) is 0 Å². The third-order valence-corrected chi connectivity index (χ3v) is 5.52. The van der Waals surface area contributed by atoms with E-state index >= 15 is 0 Å². The van der Waals surface area contributed by atoms with Gasteiger partial charge in [-0.2, -0.15) is 0 Å². The summed E-state index contributed by atoms with van der Waals surface area (Å²) in [5.74, 6) is 0.842. The molecule has 0 amide bonds. The molecule has 0 aromatic heterocycles. The van der Waals surface area contributed by atoms with Gasteiger partial charge in [-0.05, 0) is 31.6 Å². The quantitative estimate of drug-likeness (QED) is 0.233. The third-order valence-electron chi connectivity index (χ3n) is 5.52. The van der Waals surface area contributed by atoms with E-state index in [9.17, 15) is 4.79 Å². The average Bonchev–Trinajstić information content (AvgIpc) is 3.09. The lowest BCUT2D eigenvalue weighted by Gasteiger charge is -2.18. The van der Waals surface area contributed by atoms with E-state index in [1.807, 2.05) is 0 Å². The van der Waals surface area contributed by atoms with Crippen molar-refractivity contribution in [2.75, 3.05) is 0 Å². The number of unbranched alkanes of at least 4 members (excludes halogenated alkanes) is 7. The lowest BCUT2D eigenvalue weighted by atomic mass is 10.0. The molecule has 1 aliphatic rings. The average molecular weight is 339 g/mol. The fraction of sp³-hybridized carbons (Fsp3) is 0.955. The summed E-state index contributed by atoms with van der Waals surface area (Å²) in [5, 5.41) is 0. The minimum absolute atomic E-state index is 0.0555. The van der Waals surface area contributed by atoms with Gasteiger partial charge in [0.15, 0.2) is 0 Å². The second-order valence-corrected chi connectivity index (χ2v) is 7.85. The Bertz CT molecular complexity index is 294. The summed E-state index contributed by atoms with van der Waals surface area (Å²) in [7, 11) is 0. The molecule has 142 valence electrons. The Labute approximate surface area is 151 Å². The molecule has 0 aromatic rings. The van der Waals surface area contributed by atoms with Crippen LogP contribution in [0.5, 0.6) is 0 Å². The fourth-order valence-electron chi connectivity index (χ4n) is 3.96. The highest BCUT2D eigenvalue weighted by atomic mass is 16.5. The molecule has 0 aromatic carbocycles. The molecule has 2 heteroatoms. The summed E-state index contributed by atoms with van der Waals surface area (Å²) in [5.41, 5.74) is 0. The largest absolute Gasteiger partial charge is 0.462 e. The molecule has 1 atom stereocenters. The zero-order valence-corrected chi connectivity index (χ0v) is 16.5. The summed E-state index contributed by atoms with van der Waals surface area (Å²) in [6, 6.07) is 0. The van der Waals surface area contributed by atoms with Gasteiger partial charge >= 0.3 is 5.97 Å². The zero-order chi connectivity index (χ0) is 17.5. The predicted octanol–water partition coefficient (Wildman–Crippen LogP) is 7.20. The minimum atomic E-state index is 0.0555. The van der Waals surface area contributed by atoms with Crippen LogP contribution in [-0.2, 0) is 9.53 Å². The van der Waals surface area contributed by atoms with Crippen LogP contribution in [0.3, 0.4) is 0 Å². The van der Waals surface area contributed by atoms with Gasteiger partial charge in [-0.1, -0.05) is 90.9 Å². The Hall–Kier alpha value is -0.530. The van der Waals surface area contributed by atoms with E-state index in [4.69, 9.17) is 4.74 Å². The third kappa shape index (κ3) is 11.1. The molecule has 24 heavy (non-hydrogen) atoms. The van der Waals surface area contributed by atoms with E-state index < -0.39 is 0 Å². The number of hydrogen-bond donors (Lipinski definition) is 0. The number of hydrogen-bond acceptors (Lipinski definition) is 2. The van der Waals surface area contributed by atoms with Crippen LogP contribution in [-0.4, -0.2) is 12.1 Å². The van der Waals surface area contributed by atoms with Crippen molar-refractivity contribution in [1.29, 1.82) is 0 Å². The van der Waals surface area contributed by atoms with Crippen molar-refractivity contribution in [1.82, 2.24) is 0 Å². The molecular formula is C22H42O2. The van der Waals surface area contributed by atoms with Gasteiger partial charge in [-0.25, -0.2) is 0 Å². The molecule has 1 fully saturated rings. The van der Waals surface area contributed by atoms with Crippen LogP contribution in [0.2, 0.25) is 0 Å². The fourth-order valence-corrected chi connectivity index (χ4v) is 3.96. The maximum absolute atomic E-state index is 12.1. The number of esters is 1. The van der Waals surface area contributed by atoms with Crippen molar-refractivity contribution in [3.8, 4) is 0 Å². The maximum Gasteiger partial charge on any atom is 0.306 e. The first kappa shape index (κ1) is 21.5.